The first-order valence-corrected chi connectivity index (χ1v) is 11.9. The second kappa shape index (κ2) is 9.43. The molecule has 0 aromatic carbocycles. The summed E-state index contributed by atoms with van der Waals surface area (Å²) in [6.45, 7) is 6.10. The van der Waals surface area contributed by atoms with E-state index in [2.05, 4.69) is 14.9 Å². The highest BCUT2D eigenvalue weighted by atomic mass is 35.5. The average Bonchev–Trinajstić information content (AvgIpc) is 3.04. The molecule has 0 atom stereocenters. The molecule has 2 saturated heterocycles. The van der Waals surface area contributed by atoms with Crippen LogP contribution in [0.2, 0.25) is 5.02 Å². The van der Waals surface area contributed by atoms with E-state index in [1.54, 1.807) is 11.3 Å². The number of hydrogen-bond donors (Lipinski definition) is 0. The summed E-state index contributed by atoms with van der Waals surface area (Å²) >= 11 is 7.72. The van der Waals surface area contributed by atoms with Gasteiger partial charge in [-0.3, -0.25) is 4.79 Å². The molecule has 4 heterocycles. The van der Waals surface area contributed by atoms with Gasteiger partial charge in [0.25, 0.3) is 0 Å². The molecule has 0 bridgehead atoms. The Morgan fingerprint density at radius 1 is 1.12 bits per heavy atom. The second-order valence-corrected chi connectivity index (χ2v) is 9.47. The van der Waals surface area contributed by atoms with Crippen molar-refractivity contribution in [1.29, 1.82) is 0 Å². The molecule has 4 rings (SSSR count). The van der Waals surface area contributed by atoms with Crippen LogP contribution >= 0.6 is 22.9 Å². The molecule has 6 nitrogen and oxygen atoms in total. The van der Waals surface area contributed by atoms with Crippen molar-refractivity contribution >= 4 is 39.8 Å². The summed E-state index contributed by atoms with van der Waals surface area (Å²) in [5.74, 6) is 0.413. The Labute approximate surface area is 194 Å². The Balaban J connectivity index is 1.33. The van der Waals surface area contributed by atoms with Crippen molar-refractivity contribution in [3.05, 3.63) is 33.9 Å². The minimum absolute atomic E-state index is 0.0189. The number of nitrogens with zero attached hydrogens (tertiary/aromatic N) is 5. The van der Waals surface area contributed by atoms with Crippen LogP contribution in [-0.4, -0.2) is 60.0 Å². The summed E-state index contributed by atoms with van der Waals surface area (Å²) in [5.41, 5.74) is 0.149. The molecule has 2 aromatic heterocycles. The van der Waals surface area contributed by atoms with E-state index in [0.29, 0.717) is 38.3 Å². The molecule has 11 heteroatoms. The van der Waals surface area contributed by atoms with Crippen LogP contribution in [0.25, 0.3) is 0 Å². The van der Waals surface area contributed by atoms with E-state index in [1.165, 1.54) is 0 Å². The van der Waals surface area contributed by atoms with E-state index < -0.39 is 11.7 Å². The number of carbonyl (C=O) groups excluding carboxylic acids is 1. The summed E-state index contributed by atoms with van der Waals surface area (Å²) in [6.07, 6.45) is -1.51. The van der Waals surface area contributed by atoms with Gasteiger partial charge in [0, 0.05) is 56.8 Å². The van der Waals surface area contributed by atoms with Crippen molar-refractivity contribution in [3.8, 4) is 0 Å². The van der Waals surface area contributed by atoms with E-state index in [0.717, 1.165) is 49.1 Å². The first-order chi connectivity index (χ1) is 15.2. The molecule has 2 fully saturated rings. The fourth-order valence-corrected chi connectivity index (χ4v) is 5.37. The van der Waals surface area contributed by atoms with Crippen LogP contribution in [0.1, 0.15) is 30.5 Å². The van der Waals surface area contributed by atoms with Crippen LogP contribution in [0.5, 0.6) is 0 Å². The fraction of sp³-hybridized carbons (Fsp3) is 0.571. The van der Waals surface area contributed by atoms with E-state index in [4.69, 9.17) is 11.6 Å². The van der Waals surface area contributed by atoms with Gasteiger partial charge in [0.05, 0.1) is 16.3 Å². The van der Waals surface area contributed by atoms with Crippen molar-refractivity contribution in [2.24, 2.45) is 5.92 Å². The van der Waals surface area contributed by atoms with Crippen LogP contribution in [-0.2, 0) is 11.0 Å². The van der Waals surface area contributed by atoms with Gasteiger partial charge in [-0.25, -0.2) is 9.97 Å². The third-order valence-electron chi connectivity index (χ3n) is 5.98. The molecule has 0 unspecified atom stereocenters. The highest BCUT2D eigenvalue weighted by molar-refractivity contribution is 7.13. The number of halogens is 4. The first kappa shape index (κ1) is 23.1. The van der Waals surface area contributed by atoms with Gasteiger partial charge in [-0.2, -0.15) is 13.2 Å². The number of anilines is 2. The molecule has 32 heavy (non-hydrogen) atoms. The number of alkyl halides is 3. The lowest BCUT2D eigenvalue weighted by molar-refractivity contribution is -0.138. The van der Waals surface area contributed by atoms with Gasteiger partial charge in [0.2, 0.25) is 5.91 Å². The molecule has 174 valence electrons. The Kier molecular flexibility index (Phi) is 6.80. The van der Waals surface area contributed by atoms with E-state index in [1.807, 2.05) is 22.1 Å². The van der Waals surface area contributed by atoms with E-state index >= 15 is 0 Å². The lowest BCUT2D eigenvalue weighted by Gasteiger charge is -2.35. The molecular weight excluding hydrogens is 463 g/mol. The van der Waals surface area contributed by atoms with E-state index in [9.17, 15) is 18.0 Å². The number of rotatable bonds is 3. The Bertz CT molecular complexity index is 961. The number of carbonyl (C=O) groups is 1. The van der Waals surface area contributed by atoms with Crippen molar-refractivity contribution in [1.82, 2.24) is 14.9 Å². The zero-order valence-electron chi connectivity index (χ0n) is 17.7. The van der Waals surface area contributed by atoms with Gasteiger partial charge in [-0.05, 0) is 32.3 Å². The minimum atomic E-state index is -4.48. The maximum atomic E-state index is 13.1. The van der Waals surface area contributed by atoms with Crippen LogP contribution in [0.4, 0.5) is 24.1 Å². The average molecular weight is 488 g/mol. The van der Waals surface area contributed by atoms with Gasteiger partial charge in [0.1, 0.15) is 5.82 Å². The van der Waals surface area contributed by atoms with Crippen molar-refractivity contribution in [2.45, 2.75) is 32.4 Å². The summed E-state index contributed by atoms with van der Waals surface area (Å²) < 4.78 is 38.5. The predicted octanol–water partition coefficient (Wildman–Crippen LogP) is 4.47. The van der Waals surface area contributed by atoms with Gasteiger partial charge < -0.3 is 14.7 Å². The molecule has 0 radical (unpaired) electrons. The quantitative estimate of drug-likeness (QED) is 0.639. The van der Waals surface area contributed by atoms with Crippen molar-refractivity contribution in [3.63, 3.8) is 0 Å². The zero-order chi connectivity index (χ0) is 22.9. The third kappa shape index (κ3) is 5.11. The Hall–Kier alpha value is -2.07. The number of amides is 1. The molecule has 0 N–H and O–H groups in total. The molecule has 1 amide bonds. The highest BCUT2D eigenvalue weighted by Gasteiger charge is 2.34. The molecule has 2 aromatic rings. The van der Waals surface area contributed by atoms with Gasteiger partial charge >= 0.3 is 6.18 Å². The molecule has 0 aliphatic carbocycles. The number of thiazole rings is 1. The maximum Gasteiger partial charge on any atom is 0.417 e. The van der Waals surface area contributed by atoms with Crippen LogP contribution in [0.15, 0.2) is 17.6 Å². The van der Waals surface area contributed by atoms with Gasteiger partial charge in [-0.1, -0.05) is 11.6 Å². The maximum absolute atomic E-state index is 13.1. The SMILES string of the molecule is Cc1csc(N2CCCN(C(=O)C3CCN(c4ncc(C(F)(F)F)cc4Cl)CC3)CC2)n1. The lowest BCUT2D eigenvalue weighted by atomic mass is 9.95. The number of aromatic nitrogens is 2. The fourth-order valence-electron chi connectivity index (χ4n) is 4.23. The lowest BCUT2D eigenvalue weighted by Crippen LogP contribution is -2.44. The molecule has 2 aliphatic rings. The topological polar surface area (TPSA) is 52.6 Å². The molecule has 0 saturated carbocycles. The number of hydrogen-bond acceptors (Lipinski definition) is 6. The summed E-state index contributed by atoms with van der Waals surface area (Å²) in [5, 5.41) is 3.02. The van der Waals surface area contributed by atoms with Crippen molar-refractivity contribution < 1.29 is 18.0 Å². The third-order valence-corrected chi connectivity index (χ3v) is 7.28. The first-order valence-electron chi connectivity index (χ1n) is 10.7. The summed E-state index contributed by atoms with van der Waals surface area (Å²) in [6, 6.07) is 0.911. The van der Waals surface area contributed by atoms with E-state index in [-0.39, 0.29) is 16.8 Å². The number of piperidine rings is 1. The molecule has 0 spiro atoms. The standard InChI is InChI=1S/C21H25ClF3N5OS/c1-14-13-32-20(27-14)30-6-2-5-29(9-10-30)19(31)15-3-7-28(8-4-15)18-17(22)11-16(12-26-18)21(23,24)25/h11-13,15H,2-10H2,1H3. The predicted molar refractivity (Wildman–Crippen MR) is 119 cm³/mol. The number of aryl methyl sites for hydroxylation is 1. The monoisotopic (exact) mass is 487 g/mol. The second-order valence-electron chi connectivity index (χ2n) is 8.23. The normalized spacial score (nSPS) is 18.7. The summed E-state index contributed by atoms with van der Waals surface area (Å²) in [7, 11) is 0. The Morgan fingerprint density at radius 3 is 2.50 bits per heavy atom. The zero-order valence-corrected chi connectivity index (χ0v) is 19.3. The Morgan fingerprint density at radius 2 is 1.88 bits per heavy atom. The summed E-state index contributed by atoms with van der Waals surface area (Å²) in [4.78, 5) is 27.7. The molecular formula is C21H25ClF3N5OS. The van der Waals surface area contributed by atoms with Crippen molar-refractivity contribution in [2.75, 3.05) is 49.1 Å². The largest absolute Gasteiger partial charge is 0.417 e. The van der Waals surface area contributed by atoms with Gasteiger partial charge in [-0.15, -0.1) is 11.3 Å². The number of pyridine rings is 1. The smallest absolute Gasteiger partial charge is 0.355 e. The van der Waals surface area contributed by atoms with Crippen LogP contribution < -0.4 is 9.80 Å². The van der Waals surface area contributed by atoms with Gasteiger partial charge in [0.15, 0.2) is 5.13 Å². The van der Waals surface area contributed by atoms with Crippen LogP contribution in [0, 0.1) is 12.8 Å². The highest BCUT2D eigenvalue weighted by Crippen LogP contribution is 2.35. The minimum Gasteiger partial charge on any atom is -0.355 e. The molecule has 2 aliphatic heterocycles. The van der Waals surface area contributed by atoms with Crippen LogP contribution in [0.3, 0.4) is 0 Å².